The van der Waals surface area contributed by atoms with Crippen LogP contribution < -0.4 is 9.62 Å². The number of rotatable bonds is 8. The minimum absolute atomic E-state index is 0.138. The highest BCUT2D eigenvalue weighted by molar-refractivity contribution is 7.92. The lowest BCUT2D eigenvalue weighted by Crippen LogP contribution is -2.41. The number of para-hydroxylation sites is 1. The highest BCUT2D eigenvalue weighted by Crippen LogP contribution is 2.28. The van der Waals surface area contributed by atoms with Gasteiger partial charge in [-0.2, -0.15) is 0 Å². The molecule has 6 heteroatoms. The van der Waals surface area contributed by atoms with Crippen LogP contribution in [0.15, 0.2) is 48.5 Å². The number of amides is 1. The second kappa shape index (κ2) is 9.24. The van der Waals surface area contributed by atoms with Gasteiger partial charge in [0.25, 0.3) is 0 Å². The number of anilines is 1. The molecule has 0 aliphatic heterocycles. The first kappa shape index (κ1) is 22.0. The fourth-order valence-electron chi connectivity index (χ4n) is 3.13. The maximum atomic E-state index is 12.6. The number of carbonyl (C=O) groups is 1. The third kappa shape index (κ3) is 5.58. The first-order valence-electron chi connectivity index (χ1n) is 9.58. The predicted molar refractivity (Wildman–Crippen MR) is 115 cm³/mol. The average Bonchev–Trinajstić information content (AvgIpc) is 2.65. The van der Waals surface area contributed by atoms with Crippen molar-refractivity contribution >= 4 is 21.6 Å². The Balaban J connectivity index is 2.20. The van der Waals surface area contributed by atoms with Crippen molar-refractivity contribution in [3.63, 3.8) is 0 Å². The van der Waals surface area contributed by atoms with Crippen molar-refractivity contribution in [1.29, 1.82) is 0 Å². The monoisotopic (exact) mass is 402 g/mol. The zero-order valence-electron chi connectivity index (χ0n) is 17.3. The van der Waals surface area contributed by atoms with Crippen LogP contribution in [0.25, 0.3) is 0 Å². The lowest BCUT2D eigenvalue weighted by Gasteiger charge is -2.26. The molecular formula is C22H30N2O3S. The molecule has 1 unspecified atom stereocenters. The van der Waals surface area contributed by atoms with Gasteiger partial charge in [-0.3, -0.25) is 9.10 Å². The first-order chi connectivity index (χ1) is 13.1. The van der Waals surface area contributed by atoms with Crippen molar-refractivity contribution in [3.8, 4) is 0 Å². The topological polar surface area (TPSA) is 66.5 Å². The Morgan fingerprint density at radius 1 is 1.04 bits per heavy atom. The third-order valence-corrected chi connectivity index (χ3v) is 5.91. The zero-order valence-corrected chi connectivity index (χ0v) is 18.1. The normalized spacial score (nSPS) is 12.6. The van der Waals surface area contributed by atoms with Crippen LogP contribution in [0.4, 0.5) is 5.69 Å². The van der Waals surface area contributed by atoms with Crippen LogP contribution in [0, 0.1) is 0 Å². The number of sulfonamides is 1. The van der Waals surface area contributed by atoms with E-state index in [1.54, 1.807) is 12.1 Å². The van der Waals surface area contributed by atoms with Crippen molar-refractivity contribution < 1.29 is 13.2 Å². The van der Waals surface area contributed by atoms with Crippen molar-refractivity contribution in [1.82, 2.24) is 5.32 Å². The van der Waals surface area contributed by atoms with Crippen LogP contribution in [0.1, 0.15) is 56.3 Å². The molecule has 0 saturated heterocycles. The van der Waals surface area contributed by atoms with Gasteiger partial charge in [0.15, 0.2) is 0 Å². The molecule has 1 atom stereocenters. The molecule has 0 heterocycles. The molecule has 0 fully saturated rings. The molecule has 2 aromatic carbocycles. The van der Waals surface area contributed by atoms with Crippen molar-refractivity contribution in [2.45, 2.75) is 46.1 Å². The summed E-state index contributed by atoms with van der Waals surface area (Å²) in [6, 6.07) is 15.2. The summed E-state index contributed by atoms with van der Waals surface area (Å²) in [7, 11) is -3.61. The fourth-order valence-corrected chi connectivity index (χ4v) is 4.00. The molecule has 0 aromatic heterocycles. The summed E-state index contributed by atoms with van der Waals surface area (Å²) in [5.74, 6) is -0.199. The van der Waals surface area contributed by atoms with Crippen LogP contribution >= 0.6 is 0 Å². The standard InChI is InChI=1S/C22H30N2O3S/c1-6-18-11-13-19(14-12-18)17(4)23-22(25)15-24(28(5,26)27)21-10-8-7-9-20(21)16(2)3/h7-14,16-17H,6,15H2,1-5H3,(H,23,25). The molecule has 152 valence electrons. The molecule has 0 aliphatic rings. The SMILES string of the molecule is CCc1ccc(C(C)NC(=O)CN(c2ccccc2C(C)C)S(C)(=O)=O)cc1. The van der Waals surface area contributed by atoms with Gasteiger partial charge >= 0.3 is 0 Å². The molecule has 5 nitrogen and oxygen atoms in total. The lowest BCUT2D eigenvalue weighted by molar-refractivity contribution is -0.120. The largest absolute Gasteiger partial charge is 0.348 e. The zero-order chi connectivity index (χ0) is 20.9. The Morgan fingerprint density at radius 2 is 1.64 bits per heavy atom. The molecule has 0 spiro atoms. The van der Waals surface area contributed by atoms with E-state index in [-0.39, 0.29) is 24.4 Å². The summed E-state index contributed by atoms with van der Waals surface area (Å²) in [6.45, 7) is 7.74. The van der Waals surface area contributed by atoms with Crippen LogP contribution in [-0.4, -0.2) is 27.1 Å². The van der Waals surface area contributed by atoms with Crippen LogP contribution in [0.5, 0.6) is 0 Å². The minimum atomic E-state index is -3.61. The van der Waals surface area contributed by atoms with E-state index in [1.165, 1.54) is 9.87 Å². The van der Waals surface area contributed by atoms with Gasteiger partial charge in [-0.25, -0.2) is 8.42 Å². The molecular weight excluding hydrogens is 372 g/mol. The number of aryl methyl sites for hydroxylation is 1. The van der Waals surface area contributed by atoms with E-state index in [9.17, 15) is 13.2 Å². The number of hydrogen-bond donors (Lipinski definition) is 1. The highest BCUT2D eigenvalue weighted by Gasteiger charge is 2.24. The van der Waals surface area contributed by atoms with E-state index in [0.29, 0.717) is 5.69 Å². The van der Waals surface area contributed by atoms with Crippen LogP contribution in [0.3, 0.4) is 0 Å². The number of nitrogens with zero attached hydrogens (tertiary/aromatic N) is 1. The molecule has 1 N–H and O–H groups in total. The highest BCUT2D eigenvalue weighted by atomic mass is 32.2. The molecule has 0 aliphatic carbocycles. The van der Waals surface area contributed by atoms with Gasteiger partial charge in [0.2, 0.25) is 15.9 Å². The van der Waals surface area contributed by atoms with Crippen molar-refractivity contribution in [2.24, 2.45) is 0 Å². The van der Waals surface area contributed by atoms with Gasteiger partial charge in [-0.05, 0) is 42.0 Å². The smallest absolute Gasteiger partial charge is 0.241 e. The number of hydrogen-bond acceptors (Lipinski definition) is 3. The van der Waals surface area contributed by atoms with Gasteiger partial charge in [-0.15, -0.1) is 0 Å². The van der Waals surface area contributed by atoms with Crippen LogP contribution in [-0.2, 0) is 21.2 Å². The minimum Gasteiger partial charge on any atom is -0.348 e. The molecule has 28 heavy (non-hydrogen) atoms. The maximum absolute atomic E-state index is 12.6. The molecule has 0 bridgehead atoms. The summed E-state index contributed by atoms with van der Waals surface area (Å²) in [6.07, 6.45) is 2.09. The van der Waals surface area contributed by atoms with Gasteiger partial charge in [0.05, 0.1) is 18.0 Å². The number of carbonyl (C=O) groups excluding carboxylic acids is 1. The Labute approximate surface area is 168 Å². The Bertz CT molecular complexity index is 906. The second-order valence-corrected chi connectivity index (χ2v) is 9.27. The Morgan fingerprint density at radius 3 is 2.18 bits per heavy atom. The quantitative estimate of drug-likeness (QED) is 0.725. The second-order valence-electron chi connectivity index (χ2n) is 7.37. The first-order valence-corrected chi connectivity index (χ1v) is 11.4. The molecule has 0 radical (unpaired) electrons. The Kier molecular flexibility index (Phi) is 7.24. The van der Waals surface area contributed by atoms with E-state index in [0.717, 1.165) is 23.8 Å². The van der Waals surface area contributed by atoms with E-state index >= 15 is 0 Å². The van der Waals surface area contributed by atoms with Gasteiger partial charge in [0.1, 0.15) is 6.54 Å². The summed E-state index contributed by atoms with van der Waals surface area (Å²) in [5.41, 5.74) is 3.66. The summed E-state index contributed by atoms with van der Waals surface area (Å²) >= 11 is 0. The maximum Gasteiger partial charge on any atom is 0.241 e. The molecule has 1 amide bonds. The van der Waals surface area contributed by atoms with Gasteiger partial charge < -0.3 is 5.32 Å². The molecule has 2 rings (SSSR count). The van der Waals surface area contributed by atoms with Crippen molar-refractivity contribution in [3.05, 3.63) is 65.2 Å². The van der Waals surface area contributed by atoms with E-state index in [4.69, 9.17) is 0 Å². The summed E-state index contributed by atoms with van der Waals surface area (Å²) in [5, 5.41) is 2.91. The van der Waals surface area contributed by atoms with Gasteiger partial charge in [0, 0.05) is 0 Å². The third-order valence-electron chi connectivity index (χ3n) is 4.78. The summed E-state index contributed by atoms with van der Waals surface area (Å²) in [4.78, 5) is 12.6. The lowest BCUT2D eigenvalue weighted by atomic mass is 10.0. The van der Waals surface area contributed by atoms with E-state index in [1.807, 2.05) is 57.2 Å². The number of nitrogens with one attached hydrogen (secondary N) is 1. The average molecular weight is 403 g/mol. The summed E-state index contributed by atoms with van der Waals surface area (Å²) < 4.78 is 26.0. The molecule has 0 saturated carbocycles. The van der Waals surface area contributed by atoms with Crippen molar-refractivity contribution in [2.75, 3.05) is 17.1 Å². The molecule has 2 aromatic rings. The Hall–Kier alpha value is -2.34. The van der Waals surface area contributed by atoms with Crippen LogP contribution in [0.2, 0.25) is 0 Å². The fraction of sp³-hybridized carbons (Fsp3) is 0.409. The van der Waals surface area contributed by atoms with E-state index in [2.05, 4.69) is 12.2 Å². The van der Waals surface area contributed by atoms with E-state index < -0.39 is 10.0 Å². The predicted octanol–water partition coefficient (Wildman–Crippen LogP) is 4.02. The van der Waals surface area contributed by atoms with Gasteiger partial charge in [-0.1, -0.05) is 63.2 Å². The number of benzene rings is 2.